The van der Waals surface area contributed by atoms with E-state index in [2.05, 4.69) is 5.32 Å². The van der Waals surface area contributed by atoms with Crippen LogP contribution in [0, 0.1) is 0 Å². The number of rotatable bonds is 7. The van der Waals surface area contributed by atoms with Crippen molar-refractivity contribution in [1.82, 2.24) is 4.90 Å². The van der Waals surface area contributed by atoms with Crippen LogP contribution >= 0.6 is 0 Å². The van der Waals surface area contributed by atoms with E-state index in [0.29, 0.717) is 22.7 Å². The summed E-state index contributed by atoms with van der Waals surface area (Å²) >= 11 is 0. The zero-order valence-corrected chi connectivity index (χ0v) is 19.4. The fraction of sp³-hybridized carbons (Fsp3) is 0.391. The number of amides is 2. The molecule has 2 aromatic rings. The highest BCUT2D eigenvalue weighted by molar-refractivity contribution is 7.92. The monoisotopic (exact) mass is 459 g/mol. The van der Waals surface area contributed by atoms with Crippen LogP contribution in [0.3, 0.4) is 0 Å². The number of nitrogens with zero attached hydrogens (tertiary/aromatic N) is 2. The lowest BCUT2D eigenvalue weighted by Crippen LogP contribution is -2.35. The van der Waals surface area contributed by atoms with E-state index in [-0.39, 0.29) is 11.8 Å². The third-order valence-corrected chi connectivity index (χ3v) is 6.63. The van der Waals surface area contributed by atoms with Crippen molar-refractivity contribution >= 4 is 33.2 Å². The van der Waals surface area contributed by atoms with E-state index in [0.717, 1.165) is 42.9 Å². The molecule has 3 rings (SSSR count). The van der Waals surface area contributed by atoms with Crippen LogP contribution in [0.1, 0.15) is 36.5 Å². The quantitative estimate of drug-likeness (QED) is 0.686. The summed E-state index contributed by atoms with van der Waals surface area (Å²) in [5.41, 5.74) is 1.68. The molecule has 1 N–H and O–H groups in total. The Labute approximate surface area is 189 Å². The Morgan fingerprint density at radius 2 is 1.59 bits per heavy atom. The van der Waals surface area contributed by atoms with Crippen LogP contribution in [-0.4, -0.2) is 57.6 Å². The smallest absolute Gasteiger partial charge is 0.265 e. The van der Waals surface area contributed by atoms with Gasteiger partial charge in [0, 0.05) is 31.4 Å². The highest BCUT2D eigenvalue weighted by atomic mass is 32.2. The maximum absolute atomic E-state index is 12.5. The molecule has 2 aromatic carbocycles. The molecular formula is C23H29N3O5S. The molecule has 9 heteroatoms. The van der Waals surface area contributed by atoms with Crippen LogP contribution in [0.2, 0.25) is 0 Å². The van der Waals surface area contributed by atoms with Crippen molar-refractivity contribution in [3.63, 3.8) is 0 Å². The highest BCUT2D eigenvalue weighted by Crippen LogP contribution is 2.21. The van der Waals surface area contributed by atoms with Gasteiger partial charge in [-0.15, -0.1) is 0 Å². The van der Waals surface area contributed by atoms with Gasteiger partial charge in [0.15, 0.2) is 6.10 Å². The summed E-state index contributed by atoms with van der Waals surface area (Å²) in [5, 5.41) is 2.78. The van der Waals surface area contributed by atoms with E-state index < -0.39 is 16.1 Å². The molecule has 1 saturated heterocycles. The van der Waals surface area contributed by atoms with Gasteiger partial charge in [0.05, 0.1) is 11.9 Å². The maximum Gasteiger partial charge on any atom is 0.265 e. The Bertz CT molecular complexity index is 1050. The van der Waals surface area contributed by atoms with Crippen molar-refractivity contribution in [2.75, 3.05) is 36.0 Å². The third kappa shape index (κ3) is 6.00. The summed E-state index contributed by atoms with van der Waals surface area (Å²) in [4.78, 5) is 26.9. The fourth-order valence-corrected chi connectivity index (χ4v) is 3.91. The minimum Gasteiger partial charge on any atom is -0.481 e. The van der Waals surface area contributed by atoms with E-state index in [1.54, 1.807) is 55.5 Å². The number of benzene rings is 2. The molecule has 8 nitrogen and oxygen atoms in total. The standard InChI is InChI=1S/C23H29N3O5S/c1-17(31-21-13-11-20(12-14-21)25(2)32(3,29)30)22(27)24-19-9-7-18(8-10-19)23(28)26-15-5-4-6-16-26/h7-14,17H,4-6,15-16H2,1-3H3,(H,24,27). The van der Waals surface area contributed by atoms with Crippen molar-refractivity contribution in [3.05, 3.63) is 54.1 Å². The van der Waals surface area contributed by atoms with E-state index in [4.69, 9.17) is 4.74 Å². The lowest BCUT2D eigenvalue weighted by Gasteiger charge is -2.26. The van der Waals surface area contributed by atoms with E-state index in [9.17, 15) is 18.0 Å². The molecule has 1 heterocycles. The molecule has 0 aliphatic carbocycles. The molecule has 0 saturated carbocycles. The zero-order valence-electron chi connectivity index (χ0n) is 18.6. The normalized spacial score (nSPS) is 15.0. The predicted octanol–water partition coefficient (Wildman–Crippen LogP) is 3.11. The second kappa shape index (κ2) is 10.0. The molecule has 0 bridgehead atoms. The second-order valence-corrected chi connectivity index (χ2v) is 9.92. The second-order valence-electron chi connectivity index (χ2n) is 7.90. The van der Waals surface area contributed by atoms with Crippen molar-refractivity contribution in [2.45, 2.75) is 32.3 Å². The number of hydrogen-bond donors (Lipinski definition) is 1. The number of sulfonamides is 1. The van der Waals surface area contributed by atoms with Crippen LogP contribution in [0.5, 0.6) is 5.75 Å². The number of nitrogens with one attached hydrogen (secondary N) is 1. The summed E-state index contributed by atoms with van der Waals surface area (Å²) in [7, 11) is -1.89. The minimum absolute atomic E-state index is 0.0178. The van der Waals surface area contributed by atoms with Crippen molar-refractivity contribution in [1.29, 1.82) is 0 Å². The zero-order chi connectivity index (χ0) is 23.3. The first-order valence-electron chi connectivity index (χ1n) is 10.6. The summed E-state index contributed by atoms with van der Waals surface area (Å²) in [6, 6.07) is 13.3. The van der Waals surface area contributed by atoms with Crippen LogP contribution in [0.15, 0.2) is 48.5 Å². The van der Waals surface area contributed by atoms with Crippen molar-refractivity contribution < 1.29 is 22.7 Å². The molecule has 0 radical (unpaired) electrons. The predicted molar refractivity (Wildman–Crippen MR) is 125 cm³/mol. The number of anilines is 2. The number of likely N-dealkylation sites (tertiary alicyclic amines) is 1. The molecule has 1 aliphatic rings. The van der Waals surface area contributed by atoms with Gasteiger partial charge in [-0.05, 0) is 74.7 Å². The van der Waals surface area contributed by atoms with Gasteiger partial charge in [0.2, 0.25) is 10.0 Å². The summed E-state index contributed by atoms with van der Waals surface area (Å²) in [5.74, 6) is 0.127. The molecule has 1 unspecified atom stereocenters. The first kappa shape index (κ1) is 23.6. The molecular weight excluding hydrogens is 430 g/mol. The van der Waals surface area contributed by atoms with E-state index in [1.165, 1.54) is 7.05 Å². The van der Waals surface area contributed by atoms with Gasteiger partial charge >= 0.3 is 0 Å². The SMILES string of the molecule is CC(Oc1ccc(N(C)S(C)(=O)=O)cc1)C(=O)Nc1ccc(C(=O)N2CCCCC2)cc1. The van der Waals surface area contributed by atoms with Gasteiger partial charge in [0.25, 0.3) is 11.8 Å². The molecule has 172 valence electrons. The molecule has 1 aliphatic heterocycles. The lowest BCUT2D eigenvalue weighted by molar-refractivity contribution is -0.122. The fourth-order valence-electron chi connectivity index (χ4n) is 3.40. The first-order valence-corrected chi connectivity index (χ1v) is 12.4. The van der Waals surface area contributed by atoms with Gasteiger partial charge < -0.3 is 15.0 Å². The molecule has 2 amide bonds. The first-order chi connectivity index (χ1) is 15.1. The molecule has 32 heavy (non-hydrogen) atoms. The molecule has 0 aromatic heterocycles. The molecule has 1 atom stereocenters. The average Bonchev–Trinajstić information content (AvgIpc) is 2.79. The van der Waals surface area contributed by atoms with Crippen LogP contribution < -0.4 is 14.4 Å². The van der Waals surface area contributed by atoms with Crippen LogP contribution in [-0.2, 0) is 14.8 Å². The molecule has 0 spiro atoms. The highest BCUT2D eigenvalue weighted by Gasteiger charge is 2.19. The van der Waals surface area contributed by atoms with Gasteiger partial charge in [-0.3, -0.25) is 13.9 Å². The summed E-state index contributed by atoms with van der Waals surface area (Å²) in [6.45, 7) is 3.20. The maximum atomic E-state index is 12.5. The van der Waals surface area contributed by atoms with Crippen LogP contribution in [0.4, 0.5) is 11.4 Å². The van der Waals surface area contributed by atoms with Crippen LogP contribution in [0.25, 0.3) is 0 Å². The average molecular weight is 460 g/mol. The van der Waals surface area contributed by atoms with E-state index in [1.807, 2.05) is 4.90 Å². The lowest BCUT2D eigenvalue weighted by atomic mass is 10.1. The number of carbonyl (C=O) groups is 2. The molecule has 1 fully saturated rings. The van der Waals surface area contributed by atoms with Gasteiger partial charge in [-0.25, -0.2) is 8.42 Å². The van der Waals surface area contributed by atoms with Gasteiger partial charge in [0.1, 0.15) is 5.75 Å². The summed E-state index contributed by atoms with van der Waals surface area (Å²) < 4.78 is 30.1. The Balaban J connectivity index is 1.55. The minimum atomic E-state index is -3.35. The van der Waals surface area contributed by atoms with Gasteiger partial charge in [-0.1, -0.05) is 0 Å². The number of hydrogen-bond acceptors (Lipinski definition) is 5. The number of ether oxygens (including phenoxy) is 1. The Hall–Kier alpha value is -3.07. The van der Waals surface area contributed by atoms with Gasteiger partial charge in [-0.2, -0.15) is 0 Å². The Kier molecular flexibility index (Phi) is 7.40. The third-order valence-electron chi connectivity index (χ3n) is 5.42. The summed E-state index contributed by atoms with van der Waals surface area (Å²) in [6.07, 6.45) is 3.59. The largest absolute Gasteiger partial charge is 0.481 e. The Morgan fingerprint density at radius 1 is 1.00 bits per heavy atom. The van der Waals surface area contributed by atoms with E-state index >= 15 is 0 Å². The number of piperidine rings is 1. The Morgan fingerprint density at radius 3 is 2.16 bits per heavy atom. The number of carbonyl (C=O) groups excluding carboxylic acids is 2. The topological polar surface area (TPSA) is 96.0 Å². The van der Waals surface area contributed by atoms with Crippen molar-refractivity contribution in [2.24, 2.45) is 0 Å². The van der Waals surface area contributed by atoms with Crippen molar-refractivity contribution in [3.8, 4) is 5.75 Å².